The Balaban J connectivity index is 1.70. The molecule has 0 fully saturated rings. The van der Waals surface area contributed by atoms with Gasteiger partial charge in [0.2, 0.25) is 5.60 Å². The fourth-order valence-electron chi connectivity index (χ4n) is 3.95. The van der Waals surface area contributed by atoms with Crippen LogP contribution in [0.15, 0.2) is 94.3 Å². The van der Waals surface area contributed by atoms with Gasteiger partial charge in [0.15, 0.2) is 5.43 Å². The van der Waals surface area contributed by atoms with Crippen LogP contribution in [0.1, 0.15) is 16.7 Å². The van der Waals surface area contributed by atoms with E-state index >= 15 is 0 Å². The summed E-state index contributed by atoms with van der Waals surface area (Å²) in [6, 6.07) is 23.3. The third-order valence-electron chi connectivity index (χ3n) is 5.39. The zero-order valence-electron chi connectivity index (χ0n) is 15.4. The van der Waals surface area contributed by atoms with E-state index in [1.54, 1.807) is 48.5 Å². The number of anilines is 1. The van der Waals surface area contributed by atoms with E-state index < -0.39 is 16.9 Å². The van der Waals surface area contributed by atoms with Crippen LogP contribution in [0, 0.1) is 0 Å². The molecule has 0 saturated heterocycles. The Bertz CT molecular complexity index is 1300. The molecule has 5 rings (SSSR count). The quantitative estimate of drug-likeness (QED) is 0.587. The lowest BCUT2D eigenvalue weighted by molar-refractivity contribution is -0.132. The van der Waals surface area contributed by atoms with Crippen molar-refractivity contribution >= 4 is 22.6 Å². The van der Waals surface area contributed by atoms with E-state index in [-0.39, 0.29) is 12.1 Å². The van der Waals surface area contributed by atoms with E-state index in [0.29, 0.717) is 22.2 Å². The molecule has 1 aliphatic heterocycles. The number of aliphatic hydroxyl groups is 1. The number of para-hydroxylation sites is 2. The Morgan fingerprint density at radius 3 is 2.34 bits per heavy atom. The second-order valence-corrected chi connectivity index (χ2v) is 7.08. The summed E-state index contributed by atoms with van der Waals surface area (Å²) in [4.78, 5) is 28.1. The molecule has 1 aliphatic rings. The third-order valence-corrected chi connectivity index (χ3v) is 5.39. The lowest BCUT2D eigenvalue weighted by atomic mass is 9.88. The van der Waals surface area contributed by atoms with Crippen LogP contribution in [0.25, 0.3) is 11.0 Å². The summed E-state index contributed by atoms with van der Waals surface area (Å²) in [6.07, 6.45) is 1.20. The number of amides is 1. The summed E-state index contributed by atoms with van der Waals surface area (Å²) >= 11 is 0. The fraction of sp³-hybridized carbons (Fsp3) is 0.0833. The van der Waals surface area contributed by atoms with Crippen LogP contribution >= 0.6 is 0 Å². The predicted octanol–water partition coefficient (Wildman–Crippen LogP) is 3.58. The maximum absolute atomic E-state index is 13.5. The van der Waals surface area contributed by atoms with E-state index in [0.717, 1.165) is 5.56 Å². The minimum absolute atomic E-state index is 0.0794. The van der Waals surface area contributed by atoms with E-state index in [2.05, 4.69) is 0 Å². The number of benzene rings is 3. The summed E-state index contributed by atoms with van der Waals surface area (Å²) < 4.78 is 5.59. The molecular formula is C24H17NO4. The molecule has 0 aliphatic carbocycles. The van der Waals surface area contributed by atoms with Gasteiger partial charge in [0, 0.05) is 5.56 Å². The summed E-state index contributed by atoms with van der Waals surface area (Å²) in [6.45, 7) is 0.290. The van der Waals surface area contributed by atoms with Crippen molar-refractivity contribution in [1.29, 1.82) is 0 Å². The molecule has 0 radical (unpaired) electrons. The van der Waals surface area contributed by atoms with Gasteiger partial charge in [0.25, 0.3) is 5.91 Å². The van der Waals surface area contributed by atoms with Gasteiger partial charge in [0.05, 0.1) is 23.2 Å². The van der Waals surface area contributed by atoms with Crippen molar-refractivity contribution in [3.8, 4) is 0 Å². The molecule has 5 heteroatoms. The number of nitrogens with zero attached hydrogens (tertiary/aromatic N) is 1. The molecule has 1 atom stereocenters. The molecule has 29 heavy (non-hydrogen) atoms. The second-order valence-electron chi connectivity index (χ2n) is 7.08. The van der Waals surface area contributed by atoms with E-state index in [4.69, 9.17) is 4.42 Å². The lowest BCUT2D eigenvalue weighted by Gasteiger charge is -2.23. The first-order chi connectivity index (χ1) is 14.1. The Kier molecular flexibility index (Phi) is 3.86. The van der Waals surface area contributed by atoms with Crippen molar-refractivity contribution in [2.75, 3.05) is 4.90 Å². The predicted molar refractivity (Wildman–Crippen MR) is 110 cm³/mol. The molecule has 142 valence electrons. The van der Waals surface area contributed by atoms with Crippen LogP contribution in [-0.4, -0.2) is 11.0 Å². The summed E-state index contributed by atoms with van der Waals surface area (Å²) in [5.74, 6) is -0.565. The van der Waals surface area contributed by atoms with Crippen LogP contribution in [0.3, 0.4) is 0 Å². The van der Waals surface area contributed by atoms with Crippen LogP contribution in [-0.2, 0) is 16.9 Å². The number of hydrogen-bond acceptors (Lipinski definition) is 4. The average Bonchev–Trinajstić information content (AvgIpc) is 2.98. The maximum atomic E-state index is 13.5. The first kappa shape index (κ1) is 17.4. The smallest absolute Gasteiger partial charge is 0.269 e. The minimum atomic E-state index is -2.10. The Morgan fingerprint density at radius 2 is 1.52 bits per heavy atom. The van der Waals surface area contributed by atoms with Crippen molar-refractivity contribution in [1.82, 2.24) is 0 Å². The number of carbonyl (C=O) groups is 1. The number of rotatable bonds is 3. The fourth-order valence-corrected chi connectivity index (χ4v) is 3.95. The van der Waals surface area contributed by atoms with Gasteiger partial charge in [-0.05, 0) is 23.8 Å². The summed E-state index contributed by atoms with van der Waals surface area (Å²) in [5, 5.41) is 11.9. The molecule has 1 N–H and O–H groups in total. The largest absolute Gasteiger partial charge is 0.464 e. The van der Waals surface area contributed by atoms with Crippen molar-refractivity contribution in [3.63, 3.8) is 0 Å². The normalized spacial score (nSPS) is 18.2. The molecule has 4 aromatic rings. The average molecular weight is 383 g/mol. The van der Waals surface area contributed by atoms with Gasteiger partial charge in [-0.3, -0.25) is 9.59 Å². The summed E-state index contributed by atoms with van der Waals surface area (Å²) in [7, 11) is 0. The molecule has 0 spiro atoms. The third kappa shape index (κ3) is 2.52. The first-order valence-electron chi connectivity index (χ1n) is 9.29. The molecule has 1 amide bonds. The molecule has 5 nitrogen and oxygen atoms in total. The van der Waals surface area contributed by atoms with E-state index in [1.165, 1.54) is 11.2 Å². The van der Waals surface area contributed by atoms with Gasteiger partial charge < -0.3 is 14.4 Å². The van der Waals surface area contributed by atoms with E-state index in [1.807, 2.05) is 30.3 Å². The molecular weight excluding hydrogens is 366 g/mol. The lowest BCUT2D eigenvalue weighted by Crippen LogP contribution is -2.43. The molecule has 1 aromatic heterocycles. The van der Waals surface area contributed by atoms with Crippen molar-refractivity contribution in [2.45, 2.75) is 12.1 Å². The number of fused-ring (bicyclic) bond motifs is 2. The number of carbonyl (C=O) groups excluding carboxylic acids is 1. The SMILES string of the molecule is O=C1N(Cc2ccccc2)c2ccccc2C1(O)c1coc2ccccc2c1=O. The first-order valence-corrected chi connectivity index (χ1v) is 9.29. The van der Waals surface area contributed by atoms with E-state index in [9.17, 15) is 14.7 Å². The van der Waals surface area contributed by atoms with Gasteiger partial charge in [0.1, 0.15) is 11.8 Å². The zero-order chi connectivity index (χ0) is 20.0. The highest BCUT2D eigenvalue weighted by Gasteiger charge is 2.52. The van der Waals surface area contributed by atoms with Gasteiger partial charge in [-0.2, -0.15) is 0 Å². The van der Waals surface area contributed by atoms with Crippen LogP contribution < -0.4 is 10.3 Å². The highest BCUT2D eigenvalue weighted by Crippen LogP contribution is 2.44. The van der Waals surface area contributed by atoms with Gasteiger partial charge in [-0.25, -0.2) is 0 Å². The van der Waals surface area contributed by atoms with Crippen molar-refractivity contribution in [3.05, 3.63) is 112 Å². The molecule has 0 saturated carbocycles. The van der Waals surface area contributed by atoms with Gasteiger partial charge in [-0.15, -0.1) is 0 Å². The standard InChI is InChI=1S/C24H17NO4/c26-22-17-10-4-7-13-21(17)29-15-19(22)24(28)18-11-5-6-12-20(18)25(23(24)27)14-16-8-2-1-3-9-16/h1-13,15,28H,14H2. The summed E-state index contributed by atoms with van der Waals surface area (Å²) in [5.41, 5.74) is -0.311. The van der Waals surface area contributed by atoms with Crippen molar-refractivity contribution < 1.29 is 14.3 Å². The Hall–Kier alpha value is -3.70. The highest BCUT2D eigenvalue weighted by atomic mass is 16.3. The Morgan fingerprint density at radius 1 is 0.828 bits per heavy atom. The van der Waals surface area contributed by atoms with Crippen LogP contribution in [0.4, 0.5) is 5.69 Å². The highest BCUT2D eigenvalue weighted by molar-refractivity contribution is 6.09. The molecule has 3 aromatic carbocycles. The maximum Gasteiger partial charge on any atom is 0.269 e. The molecule has 1 unspecified atom stereocenters. The minimum Gasteiger partial charge on any atom is -0.464 e. The van der Waals surface area contributed by atoms with Crippen LogP contribution in [0.5, 0.6) is 0 Å². The Labute approximate surface area is 166 Å². The number of hydrogen-bond donors (Lipinski definition) is 1. The van der Waals surface area contributed by atoms with Gasteiger partial charge >= 0.3 is 0 Å². The van der Waals surface area contributed by atoms with Crippen molar-refractivity contribution in [2.24, 2.45) is 0 Å². The topological polar surface area (TPSA) is 70.8 Å². The molecule has 2 heterocycles. The van der Waals surface area contributed by atoms with Gasteiger partial charge in [-0.1, -0.05) is 60.7 Å². The van der Waals surface area contributed by atoms with Crippen LogP contribution in [0.2, 0.25) is 0 Å². The molecule has 0 bridgehead atoms. The second kappa shape index (κ2) is 6.43. The monoisotopic (exact) mass is 383 g/mol. The zero-order valence-corrected chi connectivity index (χ0v) is 15.4.